The number of nitrogens with two attached hydrogens (primary N) is 1. The summed E-state index contributed by atoms with van der Waals surface area (Å²) in [5.41, 5.74) is 6.02. The fourth-order valence-corrected chi connectivity index (χ4v) is 1.14. The molecule has 0 spiro atoms. The Labute approximate surface area is 86.9 Å². The molecule has 2 aromatic rings. The fraction of sp³-hybridized carbons (Fsp3) is 0.250. The molecule has 0 aliphatic rings. The van der Waals surface area contributed by atoms with Gasteiger partial charge in [0.05, 0.1) is 5.69 Å². The van der Waals surface area contributed by atoms with E-state index in [0.29, 0.717) is 0 Å². The second kappa shape index (κ2) is 3.54. The average molecular weight is 233 g/mol. The number of hydrogen-bond donors (Lipinski definition) is 1. The number of hydrogen-bond acceptors (Lipinski definition) is 5. The third-order valence-corrected chi connectivity index (χ3v) is 1.80. The largest absolute Gasteiger partial charge is 0.482 e. The lowest BCUT2D eigenvalue weighted by Crippen LogP contribution is -2.19. The van der Waals surface area contributed by atoms with Crippen LogP contribution in [-0.4, -0.2) is 23.1 Å². The van der Waals surface area contributed by atoms with Crippen molar-refractivity contribution in [1.82, 2.24) is 10.3 Å². The summed E-state index contributed by atoms with van der Waals surface area (Å²) in [4.78, 5) is 0. The van der Waals surface area contributed by atoms with E-state index in [1.807, 2.05) is 0 Å². The first-order valence-electron chi connectivity index (χ1n) is 4.18. The molecule has 0 saturated heterocycles. The van der Waals surface area contributed by atoms with Crippen LogP contribution in [0.2, 0.25) is 0 Å². The van der Waals surface area contributed by atoms with E-state index in [4.69, 9.17) is 5.73 Å². The van der Waals surface area contributed by atoms with E-state index in [1.165, 1.54) is 12.1 Å². The Bertz CT molecular complexity index is 509. The summed E-state index contributed by atoms with van der Waals surface area (Å²) >= 11 is 0. The summed E-state index contributed by atoms with van der Waals surface area (Å²) in [6.45, 7) is -1.40. The van der Waals surface area contributed by atoms with E-state index in [2.05, 4.69) is 19.7 Å². The molecule has 0 fully saturated rings. The van der Waals surface area contributed by atoms with Crippen molar-refractivity contribution >= 4 is 16.7 Å². The SMILES string of the molecule is Nc1ccc(OCC(F)(F)F)c2nonc12. The van der Waals surface area contributed by atoms with Crippen LogP contribution < -0.4 is 10.5 Å². The quantitative estimate of drug-likeness (QED) is 0.799. The van der Waals surface area contributed by atoms with Gasteiger partial charge in [-0.1, -0.05) is 0 Å². The van der Waals surface area contributed by atoms with Crippen LogP contribution in [-0.2, 0) is 0 Å². The minimum Gasteiger partial charge on any atom is -0.482 e. The first-order chi connectivity index (χ1) is 7.47. The fourth-order valence-electron chi connectivity index (χ4n) is 1.14. The number of nitrogens with zero attached hydrogens (tertiary/aromatic N) is 2. The zero-order chi connectivity index (χ0) is 11.8. The van der Waals surface area contributed by atoms with Gasteiger partial charge < -0.3 is 10.5 Å². The molecule has 0 aliphatic heterocycles. The maximum Gasteiger partial charge on any atom is 0.422 e. The minimum atomic E-state index is -4.41. The molecule has 0 atom stereocenters. The van der Waals surface area contributed by atoms with Crippen LogP contribution >= 0.6 is 0 Å². The van der Waals surface area contributed by atoms with Crippen LogP contribution in [0.15, 0.2) is 16.8 Å². The van der Waals surface area contributed by atoms with Crippen molar-refractivity contribution < 1.29 is 22.5 Å². The van der Waals surface area contributed by atoms with Gasteiger partial charge in [-0.3, -0.25) is 0 Å². The number of ether oxygens (including phenoxy) is 1. The average Bonchev–Trinajstić information content (AvgIpc) is 2.65. The summed E-state index contributed by atoms with van der Waals surface area (Å²) < 4.78 is 44.7. The van der Waals surface area contributed by atoms with E-state index in [0.717, 1.165) is 0 Å². The van der Waals surface area contributed by atoms with Crippen LogP contribution in [0.25, 0.3) is 11.0 Å². The zero-order valence-electron chi connectivity index (χ0n) is 7.78. The molecule has 0 aliphatic carbocycles. The van der Waals surface area contributed by atoms with Crippen molar-refractivity contribution in [2.45, 2.75) is 6.18 Å². The number of halogens is 3. The minimum absolute atomic E-state index is 0.0669. The van der Waals surface area contributed by atoms with E-state index in [9.17, 15) is 13.2 Å². The molecule has 2 N–H and O–H groups in total. The Morgan fingerprint density at radius 2 is 1.94 bits per heavy atom. The Balaban J connectivity index is 2.31. The van der Waals surface area contributed by atoms with Crippen LogP contribution in [0, 0.1) is 0 Å². The molecule has 86 valence electrons. The van der Waals surface area contributed by atoms with Crippen LogP contribution in [0.3, 0.4) is 0 Å². The van der Waals surface area contributed by atoms with Gasteiger partial charge in [0.15, 0.2) is 23.4 Å². The highest BCUT2D eigenvalue weighted by Crippen LogP contribution is 2.28. The van der Waals surface area contributed by atoms with Crippen molar-refractivity contribution in [3.8, 4) is 5.75 Å². The first kappa shape index (κ1) is 10.5. The second-order valence-electron chi connectivity index (χ2n) is 3.02. The lowest BCUT2D eigenvalue weighted by Gasteiger charge is -2.08. The summed E-state index contributed by atoms with van der Waals surface area (Å²) in [5, 5.41) is 6.87. The molecule has 1 aromatic carbocycles. The van der Waals surface area contributed by atoms with E-state index in [-0.39, 0.29) is 22.5 Å². The number of fused-ring (bicyclic) bond motifs is 1. The Morgan fingerprint density at radius 3 is 2.62 bits per heavy atom. The van der Waals surface area contributed by atoms with E-state index in [1.54, 1.807) is 0 Å². The van der Waals surface area contributed by atoms with Crippen molar-refractivity contribution in [2.24, 2.45) is 0 Å². The summed E-state index contributed by atoms with van der Waals surface area (Å²) in [7, 11) is 0. The van der Waals surface area contributed by atoms with Gasteiger partial charge in [0, 0.05) is 0 Å². The molecule has 5 nitrogen and oxygen atoms in total. The number of alkyl halides is 3. The lowest BCUT2D eigenvalue weighted by molar-refractivity contribution is -0.153. The molecule has 16 heavy (non-hydrogen) atoms. The molecular weight excluding hydrogens is 227 g/mol. The predicted octanol–water partition coefficient (Wildman–Crippen LogP) is 1.75. The smallest absolute Gasteiger partial charge is 0.422 e. The summed E-state index contributed by atoms with van der Waals surface area (Å²) in [6.07, 6.45) is -4.41. The van der Waals surface area contributed by atoms with Gasteiger partial charge >= 0.3 is 6.18 Å². The Hall–Kier alpha value is -1.99. The molecule has 1 aromatic heterocycles. The molecular formula is C8H6F3N3O2. The van der Waals surface area contributed by atoms with E-state index >= 15 is 0 Å². The maximum absolute atomic E-state index is 11.9. The van der Waals surface area contributed by atoms with Gasteiger partial charge in [-0.2, -0.15) is 13.2 Å². The monoisotopic (exact) mass is 233 g/mol. The van der Waals surface area contributed by atoms with Crippen molar-refractivity contribution in [1.29, 1.82) is 0 Å². The van der Waals surface area contributed by atoms with Crippen LogP contribution in [0.4, 0.5) is 18.9 Å². The molecule has 0 bridgehead atoms. The second-order valence-corrected chi connectivity index (χ2v) is 3.02. The Morgan fingerprint density at radius 1 is 1.25 bits per heavy atom. The van der Waals surface area contributed by atoms with Crippen molar-refractivity contribution in [3.05, 3.63) is 12.1 Å². The van der Waals surface area contributed by atoms with Gasteiger partial charge in [0.1, 0.15) is 0 Å². The number of nitrogen functional groups attached to an aromatic ring is 1. The van der Waals surface area contributed by atoms with Crippen LogP contribution in [0.1, 0.15) is 0 Å². The van der Waals surface area contributed by atoms with E-state index < -0.39 is 12.8 Å². The number of rotatable bonds is 2. The molecule has 1 heterocycles. The normalized spacial score (nSPS) is 11.9. The molecule has 0 radical (unpaired) electrons. The van der Waals surface area contributed by atoms with Crippen molar-refractivity contribution in [2.75, 3.05) is 12.3 Å². The highest BCUT2D eigenvalue weighted by atomic mass is 19.4. The van der Waals surface area contributed by atoms with Gasteiger partial charge in [0.25, 0.3) is 0 Å². The standard InChI is InChI=1S/C8H6F3N3O2/c9-8(10,11)3-15-5-2-1-4(12)6-7(5)14-16-13-6/h1-2H,3,12H2. The zero-order valence-corrected chi connectivity index (χ0v) is 7.78. The first-order valence-corrected chi connectivity index (χ1v) is 4.18. The van der Waals surface area contributed by atoms with Crippen LogP contribution in [0.5, 0.6) is 5.75 Å². The number of anilines is 1. The predicted molar refractivity (Wildman–Crippen MR) is 47.8 cm³/mol. The molecule has 0 saturated carbocycles. The molecule has 2 rings (SSSR count). The van der Waals surface area contributed by atoms with Gasteiger partial charge in [-0.05, 0) is 22.4 Å². The molecule has 8 heteroatoms. The van der Waals surface area contributed by atoms with Crippen molar-refractivity contribution in [3.63, 3.8) is 0 Å². The highest BCUT2D eigenvalue weighted by molar-refractivity contribution is 5.90. The maximum atomic E-state index is 11.9. The Kier molecular flexibility index (Phi) is 2.33. The number of aromatic nitrogens is 2. The topological polar surface area (TPSA) is 74.2 Å². The number of benzene rings is 1. The molecule has 0 unspecified atom stereocenters. The lowest BCUT2D eigenvalue weighted by atomic mass is 10.2. The van der Waals surface area contributed by atoms with Gasteiger partial charge in [-0.15, -0.1) is 0 Å². The summed E-state index contributed by atoms with van der Waals surface area (Å²) in [6, 6.07) is 2.66. The third kappa shape index (κ3) is 2.00. The third-order valence-electron chi connectivity index (χ3n) is 1.80. The van der Waals surface area contributed by atoms with Gasteiger partial charge in [-0.25, -0.2) is 4.63 Å². The summed E-state index contributed by atoms with van der Waals surface area (Å²) in [5.74, 6) is -0.0669. The highest BCUT2D eigenvalue weighted by Gasteiger charge is 2.29. The molecule has 0 amide bonds. The van der Waals surface area contributed by atoms with Gasteiger partial charge in [0.2, 0.25) is 0 Å².